The van der Waals surface area contributed by atoms with E-state index >= 15 is 0 Å². The van der Waals surface area contributed by atoms with E-state index < -0.39 is 0 Å². The highest BCUT2D eigenvalue weighted by Crippen LogP contribution is 2.50. The number of aliphatic hydroxyl groups is 2. The highest BCUT2D eigenvalue weighted by atomic mass is 16.3. The van der Waals surface area contributed by atoms with Gasteiger partial charge in [-0.3, -0.25) is 0 Å². The average Bonchev–Trinajstić information content (AvgIpc) is 3.22. The molecule has 3 rings (SSSR count). The summed E-state index contributed by atoms with van der Waals surface area (Å²) in [6, 6.07) is 0. The zero-order valence-electron chi connectivity index (χ0n) is 14.2. The summed E-state index contributed by atoms with van der Waals surface area (Å²) in [5.41, 5.74) is 7.13. The molecule has 0 radical (unpaired) electrons. The van der Waals surface area contributed by atoms with Crippen LogP contribution >= 0.6 is 0 Å². The standard InChI is InChI=1S/C20H33NO2/c21-10-4-3-5-14-11-16-13-20(23)17(18(16)12-14)8-9-19(22)15-6-1-2-7-15/h5,8-9,15-20,22-23H,1-4,6-7,10-13,21H2/b9-8+,14-5?/t16-,17+,18-,19-,20+/m0/s1. The Kier molecular flexibility index (Phi) is 5.95. The third-order valence-corrected chi connectivity index (χ3v) is 6.37. The summed E-state index contributed by atoms with van der Waals surface area (Å²) in [7, 11) is 0. The summed E-state index contributed by atoms with van der Waals surface area (Å²) in [5, 5.41) is 20.7. The fourth-order valence-electron chi connectivity index (χ4n) is 5.06. The number of aliphatic hydroxyl groups excluding tert-OH is 2. The lowest BCUT2D eigenvalue weighted by Gasteiger charge is -2.19. The van der Waals surface area contributed by atoms with Crippen LogP contribution in [0.4, 0.5) is 0 Å². The van der Waals surface area contributed by atoms with Gasteiger partial charge in [0.25, 0.3) is 0 Å². The quantitative estimate of drug-likeness (QED) is 0.520. The largest absolute Gasteiger partial charge is 0.392 e. The number of unbranched alkanes of at least 4 members (excludes halogenated alkanes) is 1. The van der Waals surface area contributed by atoms with E-state index in [1.54, 1.807) is 5.57 Å². The van der Waals surface area contributed by atoms with E-state index in [4.69, 9.17) is 5.73 Å². The second kappa shape index (κ2) is 7.96. The van der Waals surface area contributed by atoms with Gasteiger partial charge in [0, 0.05) is 5.92 Å². The van der Waals surface area contributed by atoms with Crippen LogP contribution in [0.5, 0.6) is 0 Å². The summed E-state index contributed by atoms with van der Waals surface area (Å²) in [6.07, 6.45) is 16.1. The van der Waals surface area contributed by atoms with Gasteiger partial charge in [-0.25, -0.2) is 0 Å². The van der Waals surface area contributed by atoms with Crippen molar-refractivity contribution in [1.29, 1.82) is 0 Å². The lowest BCUT2D eigenvalue weighted by Crippen LogP contribution is -2.19. The summed E-state index contributed by atoms with van der Waals surface area (Å²) < 4.78 is 0. The number of fused-ring (bicyclic) bond motifs is 1. The van der Waals surface area contributed by atoms with Crippen molar-refractivity contribution in [3.8, 4) is 0 Å². The van der Waals surface area contributed by atoms with Crippen molar-refractivity contribution in [2.45, 2.75) is 70.0 Å². The van der Waals surface area contributed by atoms with E-state index in [9.17, 15) is 10.2 Å². The SMILES string of the molecule is NCCCC=C1C[C@H]2C[C@@H](O)[C@H](/C=C/[C@H](O)C3CCCC3)[C@H]2C1. The minimum absolute atomic E-state index is 0.220. The summed E-state index contributed by atoms with van der Waals surface area (Å²) in [5.74, 6) is 1.88. The Labute approximate surface area is 140 Å². The third kappa shape index (κ3) is 4.07. The summed E-state index contributed by atoms with van der Waals surface area (Å²) in [4.78, 5) is 0. The topological polar surface area (TPSA) is 66.5 Å². The van der Waals surface area contributed by atoms with Crippen LogP contribution in [0.15, 0.2) is 23.8 Å². The van der Waals surface area contributed by atoms with E-state index in [0.29, 0.717) is 17.8 Å². The molecule has 3 aliphatic carbocycles. The van der Waals surface area contributed by atoms with Gasteiger partial charge in [-0.1, -0.05) is 36.6 Å². The van der Waals surface area contributed by atoms with Crippen molar-refractivity contribution in [3.05, 3.63) is 23.8 Å². The van der Waals surface area contributed by atoms with Crippen LogP contribution in [0, 0.1) is 23.7 Å². The zero-order valence-corrected chi connectivity index (χ0v) is 14.2. The maximum absolute atomic E-state index is 10.4. The molecule has 0 aromatic heterocycles. The molecule has 0 aromatic rings. The number of allylic oxidation sites excluding steroid dienone is 2. The van der Waals surface area contributed by atoms with Gasteiger partial charge in [0.05, 0.1) is 12.2 Å². The molecule has 3 heteroatoms. The minimum Gasteiger partial charge on any atom is -0.392 e. The lowest BCUT2D eigenvalue weighted by atomic mass is 9.89. The predicted octanol–water partition coefficient (Wildman–Crippen LogP) is 3.17. The highest BCUT2D eigenvalue weighted by Gasteiger charge is 2.45. The van der Waals surface area contributed by atoms with Gasteiger partial charge in [-0.15, -0.1) is 0 Å². The van der Waals surface area contributed by atoms with Gasteiger partial charge >= 0.3 is 0 Å². The van der Waals surface area contributed by atoms with Gasteiger partial charge in [0.15, 0.2) is 0 Å². The van der Waals surface area contributed by atoms with Crippen molar-refractivity contribution in [2.24, 2.45) is 29.4 Å². The minimum atomic E-state index is -0.315. The first-order chi connectivity index (χ1) is 11.2. The summed E-state index contributed by atoms with van der Waals surface area (Å²) in [6.45, 7) is 0.764. The number of nitrogens with two attached hydrogens (primary N) is 1. The molecule has 0 spiro atoms. The molecule has 3 saturated carbocycles. The van der Waals surface area contributed by atoms with Crippen LogP contribution in [0.3, 0.4) is 0 Å². The molecule has 0 aliphatic heterocycles. The molecule has 5 atom stereocenters. The van der Waals surface area contributed by atoms with Crippen LogP contribution in [0.2, 0.25) is 0 Å². The van der Waals surface area contributed by atoms with Crippen molar-refractivity contribution >= 4 is 0 Å². The Hall–Kier alpha value is -0.640. The Balaban J connectivity index is 1.57. The van der Waals surface area contributed by atoms with Crippen LogP contribution < -0.4 is 5.73 Å². The Morgan fingerprint density at radius 1 is 1.22 bits per heavy atom. The molecule has 3 nitrogen and oxygen atoms in total. The number of hydrogen-bond acceptors (Lipinski definition) is 3. The van der Waals surface area contributed by atoms with Gasteiger partial charge in [0.1, 0.15) is 0 Å². The molecule has 0 bridgehead atoms. The second-order valence-corrected chi connectivity index (χ2v) is 7.93. The number of hydrogen-bond donors (Lipinski definition) is 3. The smallest absolute Gasteiger partial charge is 0.0749 e. The first-order valence-electron chi connectivity index (χ1n) is 9.61. The molecule has 23 heavy (non-hydrogen) atoms. The molecule has 3 fully saturated rings. The van der Waals surface area contributed by atoms with Crippen LogP contribution in [-0.2, 0) is 0 Å². The monoisotopic (exact) mass is 319 g/mol. The predicted molar refractivity (Wildman–Crippen MR) is 93.8 cm³/mol. The fourth-order valence-corrected chi connectivity index (χ4v) is 5.06. The Morgan fingerprint density at radius 3 is 2.74 bits per heavy atom. The molecule has 3 aliphatic rings. The zero-order chi connectivity index (χ0) is 16.2. The summed E-state index contributed by atoms with van der Waals surface area (Å²) >= 11 is 0. The molecular formula is C20H33NO2. The van der Waals surface area contributed by atoms with Crippen molar-refractivity contribution < 1.29 is 10.2 Å². The molecule has 0 saturated heterocycles. The maximum Gasteiger partial charge on any atom is 0.0749 e. The normalized spacial score (nSPS) is 38.0. The maximum atomic E-state index is 10.4. The molecule has 130 valence electrons. The lowest BCUT2D eigenvalue weighted by molar-refractivity contribution is 0.135. The third-order valence-electron chi connectivity index (χ3n) is 6.37. The first-order valence-corrected chi connectivity index (χ1v) is 9.61. The highest BCUT2D eigenvalue weighted by molar-refractivity contribution is 5.18. The van der Waals surface area contributed by atoms with Gasteiger partial charge in [-0.05, 0) is 69.2 Å². The van der Waals surface area contributed by atoms with Gasteiger partial charge < -0.3 is 15.9 Å². The molecular weight excluding hydrogens is 286 g/mol. The van der Waals surface area contributed by atoms with Gasteiger partial charge in [0.2, 0.25) is 0 Å². The Morgan fingerprint density at radius 2 is 2.00 bits per heavy atom. The van der Waals surface area contributed by atoms with E-state index in [1.807, 2.05) is 6.08 Å². The molecule has 0 unspecified atom stereocenters. The average molecular weight is 319 g/mol. The van der Waals surface area contributed by atoms with E-state index in [0.717, 1.165) is 51.5 Å². The van der Waals surface area contributed by atoms with E-state index in [2.05, 4.69) is 12.2 Å². The number of rotatable bonds is 6. The van der Waals surface area contributed by atoms with E-state index in [1.165, 1.54) is 12.8 Å². The molecule has 0 aromatic carbocycles. The van der Waals surface area contributed by atoms with Crippen LogP contribution in [0.1, 0.15) is 57.8 Å². The molecule has 0 heterocycles. The van der Waals surface area contributed by atoms with Gasteiger partial charge in [-0.2, -0.15) is 0 Å². The molecule has 0 amide bonds. The fraction of sp³-hybridized carbons (Fsp3) is 0.800. The van der Waals surface area contributed by atoms with Crippen LogP contribution in [-0.4, -0.2) is 29.0 Å². The van der Waals surface area contributed by atoms with E-state index in [-0.39, 0.29) is 18.1 Å². The second-order valence-electron chi connectivity index (χ2n) is 7.93. The molecule has 4 N–H and O–H groups in total. The van der Waals surface area contributed by atoms with Crippen molar-refractivity contribution in [2.75, 3.05) is 6.54 Å². The Bertz CT molecular complexity index is 439. The van der Waals surface area contributed by atoms with Crippen molar-refractivity contribution in [3.63, 3.8) is 0 Å². The van der Waals surface area contributed by atoms with Crippen LogP contribution in [0.25, 0.3) is 0 Å². The first kappa shape index (κ1) is 17.2. The van der Waals surface area contributed by atoms with Crippen molar-refractivity contribution in [1.82, 2.24) is 0 Å².